The number of nitrogens with two attached hydrogens (primary N) is 1. The lowest BCUT2D eigenvalue weighted by Gasteiger charge is -2.12. The Morgan fingerprint density at radius 1 is 1.67 bits per heavy atom. The molecular weight excluding hydrogens is 196 g/mol. The second-order valence-corrected chi connectivity index (χ2v) is 3.23. The van der Waals surface area contributed by atoms with Crippen molar-refractivity contribution in [3.8, 4) is 0 Å². The first-order valence-electron chi connectivity index (χ1n) is 4.91. The first kappa shape index (κ1) is 11.7. The van der Waals surface area contributed by atoms with Crippen LogP contribution in [0.4, 0.5) is 0 Å². The summed E-state index contributed by atoms with van der Waals surface area (Å²) in [6.45, 7) is 2.08. The maximum atomic E-state index is 11.5. The van der Waals surface area contributed by atoms with Crippen molar-refractivity contribution in [3.05, 3.63) is 23.7 Å². The van der Waals surface area contributed by atoms with Gasteiger partial charge in [0.2, 0.25) is 0 Å². The maximum Gasteiger partial charge on any atom is 0.287 e. The van der Waals surface area contributed by atoms with Gasteiger partial charge in [-0.05, 0) is 18.6 Å². The fraction of sp³-hybridized carbons (Fsp3) is 0.500. The van der Waals surface area contributed by atoms with Crippen molar-refractivity contribution in [2.24, 2.45) is 5.73 Å². The molecule has 0 saturated carbocycles. The third kappa shape index (κ3) is 3.07. The van der Waals surface area contributed by atoms with Gasteiger partial charge in [0.15, 0.2) is 5.76 Å². The fourth-order valence-corrected chi connectivity index (χ4v) is 1.14. The van der Waals surface area contributed by atoms with Gasteiger partial charge in [-0.3, -0.25) is 4.79 Å². The molecule has 0 radical (unpaired) electrons. The topological polar surface area (TPSA) is 88.5 Å². The van der Waals surface area contributed by atoms with Gasteiger partial charge in [0, 0.05) is 0 Å². The van der Waals surface area contributed by atoms with Crippen LogP contribution in [-0.2, 0) is 6.54 Å². The highest BCUT2D eigenvalue weighted by Gasteiger charge is 2.14. The van der Waals surface area contributed by atoms with E-state index in [0.29, 0.717) is 12.2 Å². The molecule has 0 fully saturated rings. The largest absolute Gasteiger partial charge is 0.455 e. The number of rotatable bonds is 5. The zero-order chi connectivity index (χ0) is 11.3. The molecule has 0 aliphatic carbocycles. The number of nitrogens with one attached hydrogen (secondary N) is 1. The second-order valence-electron chi connectivity index (χ2n) is 3.23. The Bertz CT molecular complexity index is 318. The van der Waals surface area contributed by atoms with Gasteiger partial charge in [0.05, 0.1) is 19.2 Å². The van der Waals surface area contributed by atoms with Crippen LogP contribution in [-0.4, -0.2) is 23.7 Å². The quantitative estimate of drug-likeness (QED) is 0.652. The standard InChI is InChI=1S/C10H16N2O3/c1-2-7(6-13)12-10(14)9-4-3-8(5-11)15-9/h3-4,7,13H,2,5-6,11H2,1H3,(H,12,14)/t7-/m1/s1. The van der Waals surface area contributed by atoms with E-state index in [9.17, 15) is 4.79 Å². The summed E-state index contributed by atoms with van der Waals surface area (Å²) < 4.78 is 5.17. The minimum atomic E-state index is -0.324. The minimum absolute atomic E-state index is 0.0767. The molecule has 1 heterocycles. The number of hydrogen-bond donors (Lipinski definition) is 3. The highest BCUT2D eigenvalue weighted by atomic mass is 16.4. The SMILES string of the molecule is CC[C@H](CO)NC(=O)c1ccc(CN)o1. The van der Waals surface area contributed by atoms with Crippen LogP contribution in [0.3, 0.4) is 0 Å². The Hall–Kier alpha value is -1.33. The van der Waals surface area contributed by atoms with Crippen molar-refractivity contribution in [2.45, 2.75) is 25.9 Å². The average molecular weight is 212 g/mol. The van der Waals surface area contributed by atoms with E-state index in [-0.39, 0.29) is 30.9 Å². The van der Waals surface area contributed by atoms with E-state index in [0.717, 1.165) is 0 Å². The Labute approximate surface area is 88.3 Å². The van der Waals surface area contributed by atoms with Crippen molar-refractivity contribution in [2.75, 3.05) is 6.61 Å². The molecule has 84 valence electrons. The Morgan fingerprint density at radius 3 is 2.87 bits per heavy atom. The molecule has 0 aromatic carbocycles. The lowest BCUT2D eigenvalue weighted by molar-refractivity contribution is 0.0885. The van der Waals surface area contributed by atoms with Crippen LogP contribution < -0.4 is 11.1 Å². The van der Waals surface area contributed by atoms with E-state index in [1.165, 1.54) is 0 Å². The van der Waals surface area contributed by atoms with E-state index in [1.807, 2.05) is 6.92 Å². The molecule has 0 aliphatic heterocycles. The molecule has 4 N–H and O–H groups in total. The number of hydrogen-bond acceptors (Lipinski definition) is 4. The van der Waals surface area contributed by atoms with Crippen molar-refractivity contribution < 1.29 is 14.3 Å². The first-order chi connectivity index (χ1) is 7.21. The van der Waals surface area contributed by atoms with Crippen LogP contribution in [0.5, 0.6) is 0 Å². The number of aliphatic hydroxyl groups is 1. The van der Waals surface area contributed by atoms with Gasteiger partial charge >= 0.3 is 0 Å². The Kier molecular flexibility index (Phi) is 4.33. The Balaban J connectivity index is 2.60. The third-order valence-electron chi connectivity index (χ3n) is 2.14. The number of carbonyl (C=O) groups is 1. The van der Waals surface area contributed by atoms with Crippen molar-refractivity contribution in [3.63, 3.8) is 0 Å². The number of carbonyl (C=O) groups excluding carboxylic acids is 1. The molecule has 1 aromatic rings. The predicted octanol–water partition coefficient (Wildman–Crippen LogP) is 0.239. The van der Waals surface area contributed by atoms with Gasteiger partial charge in [-0.15, -0.1) is 0 Å². The highest BCUT2D eigenvalue weighted by molar-refractivity contribution is 5.91. The Morgan fingerprint density at radius 2 is 2.40 bits per heavy atom. The normalized spacial score (nSPS) is 12.5. The highest BCUT2D eigenvalue weighted by Crippen LogP contribution is 2.07. The molecule has 0 aliphatic rings. The van der Waals surface area contributed by atoms with Gasteiger partial charge in [-0.25, -0.2) is 0 Å². The maximum absolute atomic E-state index is 11.5. The summed E-state index contributed by atoms with van der Waals surface area (Å²) in [4.78, 5) is 11.5. The molecule has 0 spiro atoms. The van der Waals surface area contributed by atoms with Crippen molar-refractivity contribution in [1.29, 1.82) is 0 Å². The molecule has 1 aromatic heterocycles. The number of furan rings is 1. The monoisotopic (exact) mass is 212 g/mol. The number of amides is 1. The summed E-state index contributed by atoms with van der Waals surface area (Å²) in [6.07, 6.45) is 0.673. The third-order valence-corrected chi connectivity index (χ3v) is 2.14. The van der Waals surface area contributed by atoms with Crippen LogP contribution in [0.1, 0.15) is 29.7 Å². The molecule has 0 bridgehead atoms. The van der Waals surface area contributed by atoms with Gasteiger partial charge in [-0.2, -0.15) is 0 Å². The molecule has 15 heavy (non-hydrogen) atoms. The lowest BCUT2D eigenvalue weighted by Crippen LogP contribution is -2.36. The first-order valence-corrected chi connectivity index (χ1v) is 4.91. The van der Waals surface area contributed by atoms with Crippen LogP contribution in [0.25, 0.3) is 0 Å². The van der Waals surface area contributed by atoms with Gasteiger partial charge < -0.3 is 20.6 Å². The van der Waals surface area contributed by atoms with Crippen molar-refractivity contribution in [1.82, 2.24) is 5.32 Å². The van der Waals surface area contributed by atoms with Gasteiger partial charge in [-0.1, -0.05) is 6.92 Å². The van der Waals surface area contributed by atoms with Crippen LogP contribution in [0.15, 0.2) is 16.5 Å². The summed E-state index contributed by atoms with van der Waals surface area (Å²) in [5.41, 5.74) is 5.35. The molecule has 5 nitrogen and oxygen atoms in total. The molecule has 5 heteroatoms. The van der Waals surface area contributed by atoms with E-state index in [2.05, 4.69) is 5.32 Å². The summed E-state index contributed by atoms with van der Waals surface area (Å²) in [5, 5.41) is 11.6. The predicted molar refractivity (Wildman–Crippen MR) is 55.2 cm³/mol. The average Bonchev–Trinajstić information content (AvgIpc) is 2.74. The lowest BCUT2D eigenvalue weighted by atomic mass is 10.2. The smallest absolute Gasteiger partial charge is 0.287 e. The summed E-state index contributed by atoms with van der Waals surface area (Å²) in [6, 6.07) is 3.00. The molecule has 1 amide bonds. The molecular formula is C10H16N2O3. The summed E-state index contributed by atoms with van der Waals surface area (Å²) in [5.74, 6) is 0.468. The fourth-order valence-electron chi connectivity index (χ4n) is 1.14. The molecule has 0 saturated heterocycles. The van der Waals surface area contributed by atoms with E-state index in [4.69, 9.17) is 15.3 Å². The summed E-state index contributed by atoms with van der Waals surface area (Å²) >= 11 is 0. The van der Waals surface area contributed by atoms with E-state index >= 15 is 0 Å². The van der Waals surface area contributed by atoms with Crippen LogP contribution in [0.2, 0.25) is 0 Å². The van der Waals surface area contributed by atoms with Gasteiger partial charge in [0.1, 0.15) is 5.76 Å². The van der Waals surface area contributed by atoms with Crippen LogP contribution >= 0.6 is 0 Å². The molecule has 1 rings (SSSR count). The summed E-state index contributed by atoms with van der Waals surface area (Å²) in [7, 11) is 0. The van der Waals surface area contributed by atoms with Gasteiger partial charge in [0.25, 0.3) is 5.91 Å². The minimum Gasteiger partial charge on any atom is -0.455 e. The van der Waals surface area contributed by atoms with Crippen molar-refractivity contribution >= 4 is 5.91 Å². The molecule has 0 unspecified atom stereocenters. The van der Waals surface area contributed by atoms with E-state index < -0.39 is 0 Å². The van der Waals surface area contributed by atoms with Crippen LogP contribution in [0, 0.1) is 0 Å². The second kappa shape index (κ2) is 5.53. The number of aliphatic hydroxyl groups excluding tert-OH is 1. The zero-order valence-electron chi connectivity index (χ0n) is 8.69. The van der Waals surface area contributed by atoms with E-state index in [1.54, 1.807) is 12.1 Å². The molecule has 1 atom stereocenters. The zero-order valence-corrected chi connectivity index (χ0v) is 8.69.